The van der Waals surface area contributed by atoms with Gasteiger partial charge < -0.3 is 14.2 Å². The average molecular weight is 403 g/mol. The second kappa shape index (κ2) is 7.28. The number of carbonyl (C=O) groups excluding carboxylic acids is 1. The van der Waals surface area contributed by atoms with E-state index >= 15 is 0 Å². The van der Waals surface area contributed by atoms with Crippen LogP contribution < -0.4 is 4.74 Å². The highest BCUT2D eigenvalue weighted by Crippen LogP contribution is 2.41. The van der Waals surface area contributed by atoms with Gasteiger partial charge in [0.05, 0.1) is 6.61 Å². The summed E-state index contributed by atoms with van der Waals surface area (Å²) in [6.07, 6.45) is 2.41. The maximum Gasteiger partial charge on any atom is 0.199 e. The van der Waals surface area contributed by atoms with Crippen LogP contribution in [-0.2, 0) is 9.47 Å². The van der Waals surface area contributed by atoms with Gasteiger partial charge in [0.2, 0.25) is 0 Å². The number of hydrogen-bond acceptors (Lipinski definition) is 4. The standard InChI is InChI=1S/C20H19BrO4/c21-15-8-4-14(5-9-15)19-20(25-19)18(22)13-6-10-16(11-7-13)24-17-3-1-2-12-23-17/h4-11,17,19-20H,1-3,12H2. The highest BCUT2D eigenvalue weighted by Gasteiger charge is 2.46. The van der Waals surface area contributed by atoms with Crippen LogP contribution in [-0.4, -0.2) is 24.8 Å². The lowest BCUT2D eigenvalue weighted by Gasteiger charge is -2.23. The Bertz CT molecular complexity index is 735. The Morgan fingerprint density at radius 2 is 1.80 bits per heavy atom. The van der Waals surface area contributed by atoms with Gasteiger partial charge in [0.1, 0.15) is 11.9 Å². The molecule has 0 N–H and O–H groups in total. The summed E-state index contributed by atoms with van der Waals surface area (Å²) in [5.74, 6) is 0.734. The molecule has 2 aromatic rings. The minimum absolute atomic E-state index is 0.00776. The van der Waals surface area contributed by atoms with Crippen molar-refractivity contribution in [2.75, 3.05) is 6.61 Å². The molecule has 2 fully saturated rings. The van der Waals surface area contributed by atoms with E-state index in [1.165, 1.54) is 0 Å². The maximum atomic E-state index is 12.6. The summed E-state index contributed by atoms with van der Waals surface area (Å²) < 4.78 is 18.0. The number of benzene rings is 2. The smallest absolute Gasteiger partial charge is 0.199 e. The van der Waals surface area contributed by atoms with E-state index in [4.69, 9.17) is 14.2 Å². The number of rotatable bonds is 5. The second-order valence-electron chi connectivity index (χ2n) is 6.33. The van der Waals surface area contributed by atoms with Gasteiger partial charge in [-0.05, 0) is 54.8 Å². The minimum atomic E-state index is -0.394. The zero-order valence-corrected chi connectivity index (χ0v) is 15.3. The third-order valence-corrected chi connectivity index (χ3v) is 5.02. The van der Waals surface area contributed by atoms with E-state index in [0.29, 0.717) is 5.56 Å². The van der Waals surface area contributed by atoms with E-state index in [2.05, 4.69) is 15.9 Å². The van der Waals surface area contributed by atoms with Crippen molar-refractivity contribution in [1.82, 2.24) is 0 Å². The van der Waals surface area contributed by atoms with Crippen LogP contribution in [0.3, 0.4) is 0 Å². The van der Waals surface area contributed by atoms with Gasteiger partial charge in [-0.15, -0.1) is 0 Å². The van der Waals surface area contributed by atoms with Crippen molar-refractivity contribution in [3.63, 3.8) is 0 Å². The Kier molecular flexibility index (Phi) is 4.88. The first-order valence-electron chi connectivity index (χ1n) is 8.54. The first-order chi connectivity index (χ1) is 12.2. The summed E-state index contributed by atoms with van der Waals surface area (Å²) in [5, 5.41) is 0. The Hall–Kier alpha value is -1.69. The van der Waals surface area contributed by atoms with Crippen LogP contribution in [0.1, 0.15) is 41.3 Å². The topological polar surface area (TPSA) is 48.1 Å². The summed E-state index contributed by atoms with van der Waals surface area (Å²) in [6.45, 7) is 0.748. The maximum absolute atomic E-state index is 12.6. The first kappa shape index (κ1) is 16.8. The van der Waals surface area contributed by atoms with Gasteiger partial charge in [-0.2, -0.15) is 0 Å². The predicted molar refractivity (Wildman–Crippen MR) is 96.7 cm³/mol. The van der Waals surface area contributed by atoms with Gasteiger partial charge in [-0.25, -0.2) is 0 Å². The predicted octanol–water partition coefficient (Wildman–Crippen LogP) is 4.68. The molecule has 2 heterocycles. The molecule has 25 heavy (non-hydrogen) atoms. The van der Waals surface area contributed by atoms with Gasteiger partial charge in [0.25, 0.3) is 0 Å². The molecule has 3 atom stereocenters. The monoisotopic (exact) mass is 402 g/mol. The highest BCUT2D eigenvalue weighted by molar-refractivity contribution is 9.10. The third-order valence-electron chi connectivity index (χ3n) is 4.49. The molecule has 130 valence electrons. The second-order valence-corrected chi connectivity index (χ2v) is 7.25. The van der Waals surface area contributed by atoms with Crippen LogP contribution in [0.5, 0.6) is 5.75 Å². The molecule has 3 unspecified atom stereocenters. The molecule has 0 saturated carbocycles. The van der Waals surface area contributed by atoms with Crippen molar-refractivity contribution in [3.8, 4) is 5.75 Å². The first-order valence-corrected chi connectivity index (χ1v) is 9.33. The van der Waals surface area contributed by atoms with Crippen LogP contribution >= 0.6 is 15.9 Å². The molecule has 0 spiro atoms. The minimum Gasteiger partial charge on any atom is -0.465 e. The molecule has 2 aliphatic rings. The van der Waals surface area contributed by atoms with Crippen molar-refractivity contribution in [1.29, 1.82) is 0 Å². The number of Topliss-reactive ketones (excluding diaryl/α,β-unsaturated/α-hetero) is 1. The number of epoxide rings is 1. The van der Waals surface area contributed by atoms with Crippen LogP contribution in [0.15, 0.2) is 53.0 Å². The van der Waals surface area contributed by atoms with E-state index < -0.39 is 6.10 Å². The Morgan fingerprint density at radius 3 is 2.48 bits per heavy atom. The molecule has 5 heteroatoms. The van der Waals surface area contributed by atoms with E-state index in [1.54, 1.807) is 12.1 Å². The molecule has 4 rings (SSSR count). The number of halogens is 1. The van der Waals surface area contributed by atoms with Gasteiger partial charge in [-0.1, -0.05) is 28.1 Å². The van der Waals surface area contributed by atoms with E-state index in [1.807, 2.05) is 36.4 Å². The van der Waals surface area contributed by atoms with Crippen molar-refractivity contribution in [2.24, 2.45) is 0 Å². The fourth-order valence-electron chi connectivity index (χ4n) is 3.04. The Labute approximate surface area is 155 Å². The molecule has 0 aliphatic carbocycles. The van der Waals surface area contributed by atoms with E-state index in [-0.39, 0.29) is 18.2 Å². The van der Waals surface area contributed by atoms with Gasteiger partial charge in [-0.3, -0.25) is 4.79 Å². The molecule has 0 amide bonds. The molecule has 2 aromatic carbocycles. The summed E-state index contributed by atoms with van der Waals surface area (Å²) in [6, 6.07) is 15.1. The molecule has 2 saturated heterocycles. The van der Waals surface area contributed by atoms with Crippen molar-refractivity contribution < 1.29 is 19.0 Å². The number of ketones is 1. The molecule has 2 aliphatic heterocycles. The van der Waals surface area contributed by atoms with E-state index in [0.717, 1.165) is 41.7 Å². The summed E-state index contributed by atoms with van der Waals surface area (Å²) in [4.78, 5) is 12.6. The fraction of sp³-hybridized carbons (Fsp3) is 0.350. The van der Waals surface area contributed by atoms with Crippen molar-refractivity contribution in [3.05, 3.63) is 64.1 Å². The molecular formula is C20H19BrO4. The quantitative estimate of drug-likeness (QED) is 0.538. The van der Waals surface area contributed by atoms with E-state index in [9.17, 15) is 4.79 Å². The summed E-state index contributed by atoms with van der Waals surface area (Å²) in [7, 11) is 0. The molecule has 0 aromatic heterocycles. The molecular weight excluding hydrogens is 384 g/mol. The van der Waals surface area contributed by atoms with Crippen molar-refractivity contribution >= 4 is 21.7 Å². The summed E-state index contributed by atoms with van der Waals surface area (Å²) in [5.41, 5.74) is 1.66. The largest absolute Gasteiger partial charge is 0.465 e. The van der Waals surface area contributed by atoms with Gasteiger partial charge in [0, 0.05) is 16.5 Å². The lowest BCUT2D eigenvalue weighted by atomic mass is 10.0. The van der Waals surface area contributed by atoms with Crippen LogP contribution in [0.4, 0.5) is 0 Å². The molecule has 4 nitrogen and oxygen atoms in total. The van der Waals surface area contributed by atoms with Crippen LogP contribution in [0.25, 0.3) is 0 Å². The molecule has 0 bridgehead atoms. The number of carbonyl (C=O) groups is 1. The van der Waals surface area contributed by atoms with Crippen molar-refractivity contribution in [2.45, 2.75) is 37.8 Å². The van der Waals surface area contributed by atoms with Crippen LogP contribution in [0, 0.1) is 0 Å². The average Bonchev–Trinajstić information content (AvgIpc) is 3.44. The SMILES string of the molecule is O=C(c1ccc(OC2CCCCO2)cc1)C1OC1c1ccc(Br)cc1. The number of hydrogen-bond donors (Lipinski definition) is 0. The summed E-state index contributed by atoms with van der Waals surface area (Å²) >= 11 is 3.41. The van der Waals surface area contributed by atoms with Gasteiger partial charge in [0.15, 0.2) is 18.2 Å². The van der Waals surface area contributed by atoms with Gasteiger partial charge >= 0.3 is 0 Å². The normalized spacial score (nSPS) is 25.4. The zero-order valence-electron chi connectivity index (χ0n) is 13.7. The lowest BCUT2D eigenvalue weighted by Crippen LogP contribution is -2.24. The highest BCUT2D eigenvalue weighted by atomic mass is 79.9. The zero-order chi connectivity index (χ0) is 17.2. The Morgan fingerprint density at radius 1 is 1.04 bits per heavy atom. The Balaban J connectivity index is 1.37. The lowest BCUT2D eigenvalue weighted by molar-refractivity contribution is -0.105. The fourth-order valence-corrected chi connectivity index (χ4v) is 3.30. The third kappa shape index (κ3) is 3.94. The van der Waals surface area contributed by atoms with Crippen LogP contribution in [0.2, 0.25) is 0 Å². The number of ether oxygens (including phenoxy) is 3. The molecule has 0 radical (unpaired) electrons.